The van der Waals surface area contributed by atoms with Gasteiger partial charge in [-0.25, -0.2) is 9.37 Å². The Hall–Kier alpha value is -1.94. The normalized spacial score (nSPS) is 11.5. The summed E-state index contributed by atoms with van der Waals surface area (Å²) in [5, 5.41) is 0.978. The zero-order chi connectivity index (χ0) is 12.0. The Labute approximate surface area is 97.7 Å². The summed E-state index contributed by atoms with van der Waals surface area (Å²) in [6, 6.07) is 8.60. The summed E-state index contributed by atoms with van der Waals surface area (Å²) in [6.07, 6.45) is 0. The summed E-state index contributed by atoms with van der Waals surface area (Å²) < 4.78 is 15.3. The Morgan fingerprint density at radius 2 is 2.06 bits per heavy atom. The molecule has 0 radical (unpaired) electrons. The fourth-order valence-electron chi connectivity index (χ4n) is 2.22. The van der Waals surface area contributed by atoms with Gasteiger partial charge in [0.2, 0.25) is 0 Å². The second-order valence-electron chi connectivity index (χ2n) is 4.08. The van der Waals surface area contributed by atoms with Crippen molar-refractivity contribution in [3.8, 4) is 0 Å². The average molecular weight is 229 g/mol. The topological polar surface area (TPSA) is 43.3 Å². The molecule has 3 rings (SSSR count). The minimum absolute atomic E-state index is 0.251. The van der Waals surface area contributed by atoms with Gasteiger partial charge in [-0.1, -0.05) is 0 Å². The molecule has 86 valence electrons. The molecule has 0 saturated heterocycles. The predicted octanol–water partition coefficient (Wildman–Crippen LogP) is 2.39. The van der Waals surface area contributed by atoms with Crippen LogP contribution in [0.1, 0.15) is 11.4 Å². The molecule has 0 unspecified atom stereocenters. The lowest BCUT2D eigenvalue weighted by Crippen LogP contribution is -2.03. The third-order valence-corrected chi connectivity index (χ3v) is 3.04. The lowest BCUT2D eigenvalue weighted by Gasteiger charge is -2.05. The fraction of sp³-hybridized carbons (Fsp3) is 0.154. The standard InChI is InChI=1S/C13H12FN3/c1-8-12(7-15)17-11-6-10(14)4-2-9(11)3-5-13(17)16-8/h2-6H,7,15H2,1H3. The van der Waals surface area contributed by atoms with E-state index in [1.54, 1.807) is 6.07 Å². The number of benzene rings is 1. The quantitative estimate of drug-likeness (QED) is 0.696. The van der Waals surface area contributed by atoms with Gasteiger partial charge >= 0.3 is 0 Å². The van der Waals surface area contributed by atoms with Gasteiger partial charge in [0.1, 0.15) is 11.5 Å². The minimum atomic E-state index is -0.251. The van der Waals surface area contributed by atoms with Crippen molar-refractivity contribution in [1.29, 1.82) is 0 Å². The van der Waals surface area contributed by atoms with E-state index in [4.69, 9.17) is 5.73 Å². The molecule has 17 heavy (non-hydrogen) atoms. The molecular formula is C13H12FN3. The van der Waals surface area contributed by atoms with E-state index in [0.717, 1.165) is 27.9 Å². The number of fused-ring (bicyclic) bond motifs is 3. The number of nitrogens with two attached hydrogens (primary N) is 1. The molecule has 0 fully saturated rings. The van der Waals surface area contributed by atoms with Crippen molar-refractivity contribution in [3.63, 3.8) is 0 Å². The minimum Gasteiger partial charge on any atom is -0.325 e. The maximum absolute atomic E-state index is 13.3. The van der Waals surface area contributed by atoms with E-state index in [9.17, 15) is 4.39 Å². The zero-order valence-electron chi connectivity index (χ0n) is 9.44. The van der Waals surface area contributed by atoms with E-state index < -0.39 is 0 Å². The Morgan fingerprint density at radius 3 is 2.82 bits per heavy atom. The van der Waals surface area contributed by atoms with Crippen molar-refractivity contribution in [3.05, 3.63) is 47.5 Å². The van der Waals surface area contributed by atoms with Crippen LogP contribution in [-0.4, -0.2) is 9.38 Å². The Morgan fingerprint density at radius 1 is 1.29 bits per heavy atom. The van der Waals surface area contributed by atoms with Gasteiger partial charge < -0.3 is 5.73 Å². The second-order valence-corrected chi connectivity index (χ2v) is 4.08. The van der Waals surface area contributed by atoms with Crippen LogP contribution in [0.5, 0.6) is 0 Å². The highest BCUT2D eigenvalue weighted by Gasteiger charge is 2.10. The number of hydrogen-bond acceptors (Lipinski definition) is 2. The molecule has 2 aromatic heterocycles. The summed E-state index contributed by atoms with van der Waals surface area (Å²) >= 11 is 0. The van der Waals surface area contributed by atoms with Crippen LogP contribution in [0.25, 0.3) is 16.6 Å². The SMILES string of the molecule is Cc1nc2ccc3ccc(F)cc3n2c1CN. The summed E-state index contributed by atoms with van der Waals surface area (Å²) in [6.45, 7) is 2.31. The molecule has 0 spiro atoms. The van der Waals surface area contributed by atoms with Crippen LogP contribution in [0.4, 0.5) is 4.39 Å². The third kappa shape index (κ3) is 1.41. The first-order chi connectivity index (χ1) is 8.20. The maximum atomic E-state index is 13.3. The van der Waals surface area contributed by atoms with Gasteiger partial charge in [-0.3, -0.25) is 4.40 Å². The molecule has 1 aromatic carbocycles. The maximum Gasteiger partial charge on any atom is 0.137 e. The molecular weight excluding hydrogens is 217 g/mol. The Balaban J connectivity index is 2.56. The second kappa shape index (κ2) is 3.53. The van der Waals surface area contributed by atoms with E-state index >= 15 is 0 Å². The summed E-state index contributed by atoms with van der Waals surface area (Å²) in [5.41, 5.74) is 9.17. The Bertz CT molecular complexity index is 715. The van der Waals surface area contributed by atoms with Crippen molar-refractivity contribution >= 4 is 16.6 Å². The molecule has 4 heteroatoms. The number of imidazole rings is 1. The van der Waals surface area contributed by atoms with E-state index in [1.165, 1.54) is 12.1 Å². The van der Waals surface area contributed by atoms with Crippen LogP contribution in [0.3, 0.4) is 0 Å². The number of aryl methyl sites for hydroxylation is 1. The van der Waals surface area contributed by atoms with Crippen LogP contribution in [-0.2, 0) is 6.54 Å². The highest BCUT2D eigenvalue weighted by atomic mass is 19.1. The van der Waals surface area contributed by atoms with Gasteiger partial charge in [-0.15, -0.1) is 0 Å². The van der Waals surface area contributed by atoms with Crippen LogP contribution in [0.15, 0.2) is 30.3 Å². The number of pyridine rings is 1. The van der Waals surface area contributed by atoms with Gasteiger partial charge in [0.25, 0.3) is 0 Å². The number of aromatic nitrogens is 2. The molecule has 0 atom stereocenters. The van der Waals surface area contributed by atoms with E-state index in [1.807, 2.05) is 23.5 Å². The summed E-state index contributed by atoms with van der Waals surface area (Å²) in [7, 11) is 0. The molecule has 2 N–H and O–H groups in total. The smallest absolute Gasteiger partial charge is 0.137 e. The number of rotatable bonds is 1. The fourth-order valence-corrected chi connectivity index (χ4v) is 2.22. The van der Waals surface area contributed by atoms with Gasteiger partial charge in [0.05, 0.1) is 16.9 Å². The first-order valence-electron chi connectivity index (χ1n) is 5.47. The van der Waals surface area contributed by atoms with Crippen LogP contribution < -0.4 is 5.73 Å². The van der Waals surface area contributed by atoms with Crippen molar-refractivity contribution in [2.24, 2.45) is 5.73 Å². The largest absolute Gasteiger partial charge is 0.325 e. The lowest BCUT2D eigenvalue weighted by atomic mass is 10.2. The molecule has 0 aliphatic heterocycles. The molecule has 0 aliphatic carbocycles. The van der Waals surface area contributed by atoms with Crippen molar-refractivity contribution in [2.75, 3.05) is 0 Å². The van der Waals surface area contributed by atoms with Gasteiger partial charge in [0.15, 0.2) is 0 Å². The van der Waals surface area contributed by atoms with Crippen molar-refractivity contribution < 1.29 is 4.39 Å². The molecule has 0 amide bonds. The Kier molecular flexibility index (Phi) is 2.12. The molecule has 3 aromatic rings. The molecule has 0 saturated carbocycles. The van der Waals surface area contributed by atoms with Crippen molar-refractivity contribution in [2.45, 2.75) is 13.5 Å². The number of nitrogens with zero attached hydrogens (tertiary/aromatic N) is 2. The monoisotopic (exact) mass is 229 g/mol. The molecule has 0 aliphatic rings. The number of hydrogen-bond donors (Lipinski definition) is 1. The highest BCUT2D eigenvalue weighted by Crippen LogP contribution is 2.21. The first-order valence-corrected chi connectivity index (χ1v) is 5.47. The summed E-state index contributed by atoms with van der Waals surface area (Å²) in [4.78, 5) is 4.42. The van der Waals surface area contributed by atoms with Gasteiger partial charge in [0, 0.05) is 6.54 Å². The zero-order valence-corrected chi connectivity index (χ0v) is 9.44. The number of halogens is 1. The summed E-state index contributed by atoms with van der Waals surface area (Å²) in [5.74, 6) is -0.251. The van der Waals surface area contributed by atoms with E-state index in [-0.39, 0.29) is 5.82 Å². The van der Waals surface area contributed by atoms with Gasteiger partial charge in [-0.05, 0) is 42.6 Å². The van der Waals surface area contributed by atoms with Crippen LogP contribution in [0.2, 0.25) is 0 Å². The lowest BCUT2D eigenvalue weighted by molar-refractivity contribution is 0.629. The first kappa shape index (κ1) is 10.2. The third-order valence-electron chi connectivity index (χ3n) is 3.04. The van der Waals surface area contributed by atoms with E-state index in [0.29, 0.717) is 6.54 Å². The van der Waals surface area contributed by atoms with Crippen molar-refractivity contribution in [1.82, 2.24) is 9.38 Å². The molecule has 0 bridgehead atoms. The van der Waals surface area contributed by atoms with E-state index in [2.05, 4.69) is 4.98 Å². The average Bonchev–Trinajstić information content (AvgIpc) is 2.64. The molecule has 2 heterocycles. The predicted molar refractivity (Wildman–Crippen MR) is 65.3 cm³/mol. The highest BCUT2D eigenvalue weighted by molar-refractivity contribution is 5.82. The van der Waals surface area contributed by atoms with Gasteiger partial charge in [-0.2, -0.15) is 0 Å². The van der Waals surface area contributed by atoms with Crippen LogP contribution >= 0.6 is 0 Å². The van der Waals surface area contributed by atoms with Crippen LogP contribution in [0, 0.1) is 12.7 Å². The molecule has 3 nitrogen and oxygen atoms in total.